The van der Waals surface area contributed by atoms with E-state index in [0.29, 0.717) is 50.2 Å². The fourth-order valence-electron chi connectivity index (χ4n) is 5.77. The Bertz CT molecular complexity index is 1610. The second-order valence-corrected chi connectivity index (χ2v) is 10.8. The van der Waals surface area contributed by atoms with E-state index in [-0.39, 0.29) is 22.8 Å². The standard InChI is InChI=1S/C29H28F3N7O3/c30-29(31,32)25(18-3-1-17(2-4-18)19-5-6-20-21(13-19)35-10-9-34-20)42-24-14-23(37-27(33)38-24)39-11-7-28(8-12-39)15-22(26(40)41)36-16-28/h1-6,9-10,13-14,22,25,36H,7-8,11-12,15-16H2,(H,40,41)(H2,33,37,38)/t22?,25-/m1/s1. The summed E-state index contributed by atoms with van der Waals surface area (Å²) in [6.45, 7) is 1.71. The van der Waals surface area contributed by atoms with Gasteiger partial charge in [-0.3, -0.25) is 14.8 Å². The minimum absolute atomic E-state index is 0.0906. The Kier molecular flexibility index (Phi) is 7.05. The molecule has 13 heteroatoms. The van der Waals surface area contributed by atoms with Gasteiger partial charge in [0, 0.05) is 43.7 Å². The Balaban J connectivity index is 1.19. The normalized spacial score (nSPS) is 19.2. The molecule has 2 aliphatic rings. The molecule has 4 heterocycles. The Morgan fingerprint density at radius 2 is 1.71 bits per heavy atom. The van der Waals surface area contributed by atoms with E-state index in [0.717, 1.165) is 16.6 Å². The topological polar surface area (TPSA) is 139 Å². The van der Waals surface area contributed by atoms with Crippen molar-refractivity contribution in [3.63, 3.8) is 0 Å². The molecule has 218 valence electrons. The fraction of sp³-hybridized carbons (Fsp3) is 0.345. The molecule has 0 aliphatic carbocycles. The molecule has 4 N–H and O–H groups in total. The number of piperidine rings is 1. The van der Waals surface area contributed by atoms with E-state index in [9.17, 15) is 23.1 Å². The largest absolute Gasteiger partial charge is 0.480 e. The van der Waals surface area contributed by atoms with Crippen LogP contribution in [0.15, 0.2) is 60.9 Å². The van der Waals surface area contributed by atoms with E-state index >= 15 is 0 Å². The van der Waals surface area contributed by atoms with Crippen LogP contribution < -0.4 is 20.7 Å². The second-order valence-electron chi connectivity index (χ2n) is 10.8. The number of ether oxygens (including phenoxy) is 1. The molecule has 0 bridgehead atoms. The monoisotopic (exact) mass is 579 g/mol. The van der Waals surface area contributed by atoms with Crippen molar-refractivity contribution < 1.29 is 27.8 Å². The summed E-state index contributed by atoms with van der Waals surface area (Å²) in [6, 6.07) is 12.2. The Hall–Kier alpha value is -4.52. The number of alkyl halides is 3. The summed E-state index contributed by atoms with van der Waals surface area (Å²) in [7, 11) is 0. The number of fused-ring (bicyclic) bond motifs is 1. The average molecular weight is 580 g/mol. The summed E-state index contributed by atoms with van der Waals surface area (Å²) in [5.41, 5.74) is 8.58. The van der Waals surface area contributed by atoms with Gasteiger partial charge in [-0.2, -0.15) is 23.1 Å². The zero-order valence-corrected chi connectivity index (χ0v) is 22.4. The molecule has 2 aliphatic heterocycles. The Morgan fingerprint density at radius 1 is 1.02 bits per heavy atom. The number of halogens is 3. The number of hydrogen-bond acceptors (Lipinski definition) is 9. The zero-order chi connectivity index (χ0) is 29.5. The molecule has 10 nitrogen and oxygen atoms in total. The third-order valence-electron chi connectivity index (χ3n) is 8.07. The molecule has 2 saturated heterocycles. The number of carboxylic acids is 1. The lowest BCUT2D eigenvalue weighted by Crippen LogP contribution is -2.41. The molecule has 4 aromatic rings. The van der Waals surface area contributed by atoms with Crippen molar-refractivity contribution in [1.29, 1.82) is 0 Å². The van der Waals surface area contributed by atoms with Gasteiger partial charge in [0.25, 0.3) is 0 Å². The first-order valence-corrected chi connectivity index (χ1v) is 13.5. The minimum Gasteiger partial charge on any atom is -0.480 e. The SMILES string of the molecule is Nc1nc(O[C@H](c2ccc(-c3ccc4nccnc4c3)cc2)C(F)(F)F)cc(N2CCC3(CC2)CNC(C(=O)O)C3)n1. The quantitative estimate of drug-likeness (QED) is 0.301. The van der Waals surface area contributed by atoms with Crippen molar-refractivity contribution in [2.45, 2.75) is 37.6 Å². The van der Waals surface area contributed by atoms with Gasteiger partial charge in [0.2, 0.25) is 17.9 Å². The number of rotatable bonds is 6. The van der Waals surface area contributed by atoms with Crippen molar-refractivity contribution in [1.82, 2.24) is 25.3 Å². The molecule has 0 radical (unpaired) electrons. The summed E-state index contributed by atoms with van der Waals surface area (Å²) in [6.07, 6.45) is -1.87. The minimum atomic E-state index is -4.73. The molecular weight excluding hydrogens is 551 g/mol. The highest BCUT2D eigenvalue weighted by Gasteiger charge is 2.45. The highest BCUT2D eigenvalue weighted by atomic mass is 19.4. The van der Waals surface area contributed by atoms with Crippen LogP contribution >= 0.6 is 0 Å². The summed E-state index contributed by atoms with van der Waals surface area (Å²) in [5.74, 6) is -0.987. The van der Waals surface area contributed by atoms with Crippen LogP contribution in [0, 0.1) is 5.41 Å². The van der Waals surface area contributed by atoms with E-state index in [2.05, 4.69) is 25.3 Å². The van der Waals surface area contributed by atoms with Crippen molar-refractivity contribution in [3.8, 4) is 17.0 Å². The van der Waals surface area contributed by atoms with Crippen molar-refractivity contribution in [2.24, 2.45) is 5.41 Å². The van der Waals surface area contributed by atoms with Gasteiger partial charge >= 0.3 is 12.1 Å². The number of anilines is 2. The van der Waals surface area contributed by atoms with E-state index in [1.165, 1.54) is 18.2 Å². The van der Waals surface area contributed by atoms with Crippen LogP contribution in [0.25, 0.3) is 22.2 Å². The number of aliphatic carboxylic acids is 1. The van der Waals surface area contributed by atoms with E-state index in [1.54, 1.807) is 24.5 Å². The van der Waals surface area contributed by atoms with Gasteiger partial charge in [-0.15, -0.1) is 0 Å². The molecule has 0 saturated carbocycles. The van der Waals surface area contributed by atoms with Gasteiger partial charge < -0.3 is 25.8 Å². The summed E-state index contributed by atoms with van der Waals surface area (Å²) < 4.78 is 48.1. The lowest BCUT2D eigenvalue weighted by Gasteiger charge is -2.39. The van der Waals surface area contributed by atoms with Gasteiger partial charge in [-0.1, -0.05) is 30.3 Å². The van der Waals surface area contributed by atoms with Crippen molar-refractivity contribution in [3.05, 3.63) is 66.5 Å². The molecule has 1 spiro atoms. The first-order valence-electron chi connectivity index (χ1n) is 13.5. The lowest BCUT2D eigenvalue weighted by molar-refractivity contribution is -0.198. The number of benzene rings is 2. The number of carboxylic acid groups (broad SMARTS) is 1. The molecule has 6 rings (SSSR count). The van der Waals surface area contributed by atoms with Crippen molar-refractivity contribution in [2.75, 3.05) is 30.3 Å². The van der Waals surface area contributed by atoms with Gasteiger partial charge in [0.05, 0.1) is 11.0 Å². The Morgan fingerprint density at radius 3 is 2.38 bits per heavy atom. The number of aromatic nitrogens is 4. The predicted molar refractivity (Wildman–Crippen MR) is 149 cm³/mol. The van der Waals surface area contributed by atoms with Crippen molar-refractivity contribution >= 4 is 28.8 Å². The number of nitrogens with zero attached hydrogens (tertiary/aromatic N) is 5. The number of nitrogens with two attached hydrogens (primary N) is 1. The third kappa shape index (κ3) is 5.64. The maximum absolute atomic E-state index is 14.2. The highest BCUT2D eigenvalue weighted by Crippen LogP contribution is 2.41. The van der Waals surface area contributed by atoms with Crippen LogP contribution in [-0.2, 0) is 4.79 Å². The van der Waals surface area contributed by atoms with Crippen LogP contribution in [-0.4, -0.2) is 62.9 Å². The van der Waals surface area contributed by atoms with Gasteiger partial charge in [0.15, 0.2) is 0 Å². The summed E-state index contributed by atoms with van der Waals surface area (Å²) >= 11 is 0. The first kappa shape index (κ1) is 27.6. The van der Waals surface area contributed by atoms with E-state index in [1.807, 2.05) is 23.1 Å². The molecule has 2 atom stereocenters. The molecule has 42 heavy (non-hydrogen) atoms. The third-order valence-corrected chi connectivity index (χ3v) is 8.07. The molecule has 2 aromatic carbocycles. The first-order chi connectivity index (χ1) is 20.1. The smallest absolute Gasteiger partial charge is 0.429 e. The van der Waals surface area contributed by atoms with E-state index in [4.69, 9.17) is 10.5 Å². The molecule has 0 amide bonds. The second kappa shape index (κ2) is 10.7. The summed E-state index contributed by atoms with van der Waals surface area (Å²) in [5, 5.41) is 12.4. The molecule has 2 fully saturated rings. The molecular formula is C29H28F3N7O3. The average Bonchev–Trinajstić information content (AvgIpc) is 3.39. The maximum Gasteiger partial charge on any atom is 0.429 e. The highest BCUT2D eigenvalue weighted by molar-refractivity contribution is 5.81. The van der Waals surface area contributed by atoms with Crippen LogP contribution in [0.5, 0.6) is 5.88 Å². The number of nitrogens with one attached hydrogen (secondary N) is 1. The van der Waals surface area contributed by atoms with Gasteiger partial charge in [-0.25, -0.2) is 0 Å². The lowest BCUT2D eigenvalue weighted by atomic mass is 9.76. The van der Waals surface area contributed by atoms with Gasteiger partial charge in [0.1, 0.15) is 11.9 Å². The van der Waals surface area contributed by atoms with Crippen LogP contribution in [0.2, 0.25) is 0 Å². The number of carbonyl (C=O) groups is 1. The van der Waals surface area contributed by atoms with E-state index < -0.39 is 24.3 Å². The molecule has 1 unspecified atom stereocenters. The van der Waals surface area contributed by atoms with Crippen LogP contribution in [0.1, 0.15) is 30.9 Å². The number of hydrogen-bond donors (Lipinski definition) is 3. The fourth-order valence-corrected chi connectivity index (χ4v) is 5.77. The summed E-state index contributed by atoms with van der Waals surface area (Å²) in [4.78, 5) is 30.0. The predicted octanol–water partition coefficient (Wildman–Crippen LogP) is 4.38. The Labute approximate surface area is 238 Å². The van der Waals surface area contributed by atoms with Crippen LogP contribution in [0.4, 0.5) is 24.9 Å². The zero-order valence-electron chi connectivity index (χ0n) is 22.4. The van der Waals surface area contributed by atoms with Crippen LogP contribution in [0.3, 0.4) is 0 Å². The number of nitrogen functional groups attached to an aromatic ring is 1. The van der Waals surface area contributed by atoms with Gasteiger partial charge in [-0.05, 0) is 47.9 Å². The molecule has 2 aromatic heterocycles. The maximum atomic E-state index is 14.2.